The number of hydrogen-bond donors (Lipinski definition) is 2. The van der Waals surface area contributed by atoms with E-state index in [1.54, 1.807) is 37.4 Å². The lowest BCUT2D eigenvalue weighted by atomic mass is 10.2. The predicted molar refractivity (Wildman–Crippen MR) is 109 cm³/mol. The van der Waals surface area contributed by atoms with Gasteiger partial charge in [0, 0.05) is 10.6 Å². The van der Waals surface area contributed by atoms with Gasteiger partial charge in [-0.2, -0.15) is 4.98 Å². The van der Waals surface area contributed by atoms with E-state index < -0.39 is 11.9 Å². The molecule has 29 heavy (non-hydrogen) atoms. The van der Waals surface area contributed by atoms with Crippen LogP contribution >= 0.6 is 23.2 Å². The molecule has 0 saturated heterocycles. The molecule has 1 aromatic heterocycles. The molecular formula is C19H15Cl2N5O3. The molecule has 0 radical (unpaired) electrons. The van der Waals surface area contributed by atoms with Crippen molar-refractivity contribution in [1.82, 2.24) is 14.8 Å². The Morgan fingerprint density at radius 3 is 2.72 bits per heavy atom. The van der Waals surface area contributed by atoms with Crippen LogP contribution in [0.15, 0.2) is 42.5 Å². The lowest BCUT2D eigenvalue weighted by Crippen LogP contribution is -2.23. The molecule has 0 fully saturated rings. The minimum atomic E-state index is -0.817. The highest BCUT2D eigenvalue weighted by Gasteiger charge is 2.35. The fourth-order valence-electron chi connectivity index (χ4n) is 2.94. The Morgan fingerprint density at radius 2 is 2.00 bits per heavy atom. The molecule has 1 aliphatic heterocycles. The summed E-state index contributed by atoms with van der Waals surface area (Å²) >= 11 is 12.0. The van der Waals surface area contributed by atoms with E-state index in [4.69, 9.17) is 27.9 Å². The van der Waals surface area contributed by atoms with Crippen LogP contribution in [-0.2, 0) is 9.59 Å². The minimum Gasteiger partial charge on any atom is -0.497 e. The largest absolute Gasteiger partial charge is 0.497 e. The zero-order chi connectivity index (χ0) is 20.5. The number of rotatable bonds is 5. The first-order valence-corrected chi connectivity index (χ1v) is 9.37. The van der Waals surface area contributed by atoms with Crippen LogP contribution < -0.4 is 15.4 Å². The molecule has 0 unspecified atom stereocenters. The Hall–Kier alpha value is -3.10. The van der Waals surface area contributed by atoms with Gasteiger partial charge < -0.3 is 10.1 Å². The van der Waals surface area contributed by atoms with E-state index in [-0.39, 0.29) is 12.3 Å². The molecule has 0 aliphatic carbocycles. The summed E-state index contributed by atoms with van der Waals surface area (Å²) in [6.07, 6.45) is -0.132. The highest BCUT2D eigenvalue weighted by molar-refractivity contribution is 6.35. The zero-order valence-electron chi connectivity index (χ0n) is 15.1. The van der Waals surface area contributed by atoms with Crippen LogP contribution in [0.25, 0.3) is 11.4 Å². The Balaban J connectivity index is 1.52. The van der Waals surface area contributed by atoms with Crippen LogP contribution in [0.4, 0.5) is 11.6 Å². The van der Waals surface area contributed by atoms with Crippen LogP contribution in [0.5, 0.6) is 5.75 Å². The van der Waals surface area contributed by atoms with Crippen LogP contribution in [0.3, 0.4) is 0 Å². The van der Waals surface area contributed by atoms with Crippen molar-refractivity contribution in [2.24, 2.45) is 0 Å². The topological polar surface area (TPSA) is 98.1 Å². The van der Waals surface area contributed by atoms with Crippen LogP contribution in [0.1, 0.15) is 12.5 Å². The van der Waals surface area contributed by atoms with Crippen molar-refractivity contribution in [3.05, 3.63) is 52.5 Å². The van der Waals surface area contributed by atoms with E-state index in [0.717, 1.165) is 5.56 Å². The summed E-state index contributed by atoms with van der Waals surface area (Å²) in [6.45, 7) is 0. The second kappa shape index (κ2) is 7.73. The van der Waals surface area contributed by atoms with Gasteiger partial charge in [-0.15, -0.1) is 5.10 Å². The summed E-state index contributed by atoms with van der Waals surface area (Å²) in [5.41, 5.74) is 1.14. The Bertz CT molecular complexity index is 1100. The van der Waals surface area contributed by atoms with E-state index >= 15 is 0 Å². The first-order valence-electron chi connectivity index (χ1n) is 8.61. The number of carbonyl (C=O) groups excluding carboxylic acids is 2. The zero-order valence-corrected chi connectivity index (χ0v) is 16.7. The van der Waals surface area contributed by atoms with Gasteiger partial charge in [0.2, 0.25) is 11.9 Å². The quantitative estimate of drug-likeness (QED) is 0.640. The van der Waals surface area contributed by atoms with E-state index in [9.17, 15) is 9.59 Å². The third kappa shape index (κ3) is 3.90. The maximum absolute atomic E-state index is 12.5. The molecule has 2 aromatic carbocycles. The molecular weight excluding hydrogens is 417 g/mol. The first-order chi connectivity index (χ1) is 13.9. The van der Waals surface area contributed by atoms with E-state index in [1.165, 1.54) is 4.68 Å². The molecule has 10 heteroatoms. The Kier molecular flexibility index (Phi) is 5.12. The number of ether oxygens (including phenoxy) is 1. The molecule has 0 bridgehead atoms. The third-order valence-corrected chi connectivity index (χ3v) is 4.96. The number of carbonyl (C=O) groups is 2. The second-order valence-electron chi connectivity index (χ2n) is 6.31. The third-order valence-electron chi connectivity index (χ3n) is 4.39. The predicted octanol–water partition coefficient (Wildman–Crippen LogP) is 3.78. The standard InChI is InChI=1S/C19H15Cl2N5O3/c1-29-12-5-2-10(3-6-12)17-23-19-24-18(28)15(26(19)25-17)9-16(27)22-14-8-11(20)4-7-13(14)21/h2-8,15H,9H2,1H3,(H,22,27)(H,23,24,25,28)/t15-/m1/s1. The van der Waals surface area contributed by atoms with Gasteiger partial charge in [-0.05, 0) is 42.5 Å². The molecule has 148 valence electrons. The fourth-order valence-corrected chi connectivity index (χ4v) is 3.28. The van der Waals surface area contributed by atoms with E-state index in [2.05, 4.69) is 20.7 Å². The van der Waals surface area contributed by atoms with Gasteiger partial charge in [-0.1, -0.05) is 23.2 Å². The fraction of sp³-hybridized carbons (Fsp3) is 0.158. The van der Waals surface area contributed by atoms with Gasteiger partial charge in [0.1, 0.15) is 11.8 Å². The van der Waals surface area contributed by atoms with Crippen molar-refractivity contribution in [2.45, 2.75) is 12.5 Å². The summed E-state index contributed by atoms with van der Waals surface area (Å²) in [5.74, 6) is 0.686. The van der Waals surface area contributed by atoms with Gasteiger partial charge in [0.25, 0.3) is 5.91 Å². The Morgan fingerprint density at radius 1 is 1.24 bits per heavy atom. The molecule has 1 atom stereocenters. The summed E-state index contributed by atoms with van der Waals surface area (Å²) in [5, 5.41) is 10.5. The van der Waals surface area contributed by atoms with E-state index in [1.807, 2.05) is 12.1 Å². The lowest BCUT2D eigenvalue weighted by Gasteiger charge is -2.11. The maximum Gasteiger partial charge on any atom is 0.252 e. The maximum atomic E-state index is 12.5. The summed E-state index contributed by atoms with van der Waals surface area (Å²) in [4.78, 5) is 29.1. The van der Waals surface area contributed by atoms with Crippen molar-refractivity contribution < 1.29 is 14.3 Å². The van der Waals surface area contributed by atoms with Crippen molar-refractivity contribution in [3.8, 4) is 17.1 Å². The van der Waals surface area contributed by atoms with Gasteiger partial charge in [-0.3, -0.25) is 14.9 Å². The van der Waals surface area contributed by atoms with Crippen molar-refractivity contribution in [2.75, 3.05) is 17.7 Å². The highest BCUT2D eigenvalue weighted by atomic mass is 35.5. The number of aromatic nitrogens is 3. The van der Waals surface area contributed by atoms with Crippen molar-refractivity contribution in [1.29, 1.82) is 0 Å². The van der Waals surface area contributed by atoms with Gasteiger partial charge >= 0.3 is 0 Å². The normalized spacial score (nSPS) is 15.0. The van der Waals surface area contributed by atoms with Crippen LogP contribution in [0, 0.1) is 0 Å². The number of benzene rings is 2. The SMILES string of the molecule is COc1ccc(-c2nc3n(n2)[C@H](CC(=O)Nc2cc(Cl)ccc2Cl)C(=O)N3)cc1. The molecule has 1 aliphatic rings. The molecule has 2 amide bonds. The molecule has 0 spiro atoms. The second-order valence-corrected chi connectivity index (χ2v) is 7.16. The molecule has 8 nitrogen and oxygen atoms in total. The molecule has 3 aromatic rings. The average molecular weight is 432 g/mol. The minimum absolute atomic E-state index is 0.132. The first kappa shape index (κ1) is 19.2. The van der Waals surface area contributed by atoms with Gasteiger partial charge in [0.05, 0.1) is 24.2 Å². The van der Waals surface area contributed by atoms with Gasteiger partial charge in [0.15, 0.2) is 5.82 Å². The summed E-state index contributed by atoms with van der Waals surface area (Å²) in [7, 11) is 1.58. The number of fused-ring (bicyclic) bond motifs is 1. The number of halogens is 2. The van der Waals surface area contributed by atoms with Crippen molar-refractivity contribution >= 4 is 46.7 Å². The molecule has 4 rings (SSSR count). The monoisotopic (exact) mass is 431 g/mol. The van der Waals surface area contributed by atoms with Crippen LogP contribution in [-0.4, -0.2) is 33.7 Å². The number of anilines is 2. The number of amides is 2. The molecule has 2 N–H and O–H groups in total. The van der Waals surface area contributed by atoms with Gasteiger partial charge in [-0.25, -0.2) is 4.68 Å². The van der Waals surface area contributed by atoms with E-state index in [0.29, 0.717) is 33.3 Å². The summed E-state index contributed by atoms with van der Waals surface area (Å²) in [6, 6.07) is 11.1. The van der Waals surface area contributed by atoms with Crippen molar-refractivity contribution in [3.63, 3.8) is 0 Å². The number of methoxy groups -OCH3 is 1. The number of nitrogens with zero attached hydrogens (tertiary/aromatic N) is 3. The number of nitrogens with one attached hydrogen (secondary N) is 2. The average Bonchev–Trinajstić information content (AvgIpc) is 3.23. The number of hydrogen-bond acceptors (Lipinski definition) is 5. The lowest BCUT2D eigenvalue weighted by molar-refractivity contribution is -0.123. The molecule has 0 saturated carbocycles. The molecule has 2 heterocycles. The summed E-state index contributed by atoms with van der Waals surface area (Å²) < 4.78 is 6.56. The Labute approximate surface area is 175 Å². The smallest absolute Gasteiger partial charge is 0.252 e. The van der Waals surface area contributed by atoms with Crippen LogP contribution in [0.2, 0.25) is 10.0 Å². The highest BCUT2D eigenvalue weighted by Crippen LogP contribution is 2.30.